The number of anilines is 1. The lowest BCUT2D eigenvalue weighted by Gasteiger charge is -2.10. The monoisotopic (exact) mass is 415 g/mol. The Hall–Kier alpha value is -4.13. The predicted molar refractivity (Wildman–Crippen MR) is 118 cm³/mol. The van der Waals surface area contributed by atoms with Gasteiger partial charge in [0.1, 0.15) is 23.8 Å². The summed E-state index contributed by atoms with van der Waals surface area (Å²) in [6.45, 7) is 2.04. The van der Waals surface area contributed by atoms with Crippen LogP contribution in [0.4, 0.5) is 5.69 Å². The third-order valence-electron chi connectivity index (χ3n) is 4.77. The molecule has 0 saturated carbocycles. The van der Waals surface area contributed by atoms with Crippen LogP contribution in [0.1, 0.15) is 21.6 Å². The van der Waals surface area contributed by atoms with Crippen LogP contribution in [0.5, 0.6) is 11.5 Å². The highest BCUT2D eigenvalue weighted by molar-refractivity contribution is 6.04. The van der Waals surface area contributed by atoms with Crippen molar-refractivity contribution in [2.45, 2.75) is 13.5 Å². The quantitative estimate of drug-likeness (QED) is 0.517. The topological polar surface area (TPSA) is 81.9 Å². The van der Waals surface area contributed by atoms with Crippen molar-refractivity contribution in [1.29, 1.82) is 0 Å². The number of hydrogen-bond acceptors (Lipinski definition) is 5. The van der Waals surface area contributed by atoms with Crippen LogP contribution in [-0.4, -0.2) is 22.4 Å². The van der Waals surface area contributed by atoms with Gasteiger partial charge in [0.15, 0.2) is 0 Å². The SMILES string of the molecule is COc1ccc(C(=O)Nc2cccc(OCc3cc(=O)n4cccc(C)c4n3)c2)cc1. The highest BCUT2D eigenvalue weighted by Gasteiger charge is 2.08. The molecule has 0 radical (unpaired) electrons. The van der Waals surface area contributed by atoms with Crippen molar-refractivity contribution in [2.24, 2.45) is 0 Å². The van der Waals surface area contributed by atoms with E-state index >= 15 is 0 Å². The number of rotatable bonds is 6. The third kappa shape index (κ3) is 4.56. The van der Waals surface area contributed by atoms with Gasteiger partial charge in [0.05, 0.1) is 12.8 Å². The Labute approximate surface area is 178 Å². The molecule has 0 aliphatic carbocycles. The van der Waals surface area contributed by atoms with Crippen LogP contribution < -0.4 is 20.3 Å². The van der Waals surface area contributed by atoms with Crippen LogP contribution in [0.2, 0.25) is 0 Å². The molecule has 2 aromatic carbocycles. The van der Waals surface area contributed by atoms with E-state index in [4.69, 9.17) is 9.47 Å². The molecule has 1 N–H and O–H groups in total. The van der Waals surface area contributed by atoms with Crippen LogP contribution in [0.15, 0.2) is 77.7 Å². The molecule has 2 heterocycles. The summed E-state index contributed by atoms with van der Waals surface area (Å²) in [5, 5.41) is 2.85. The molecule has 7 nitrogen and oxygen atoms in total. The zero-order valence-corrected chi connectivity index (χ0v) is 17.2. The van der Waals surface area contributed by atoms with Gasteiger partial charge in [0.25, 0.3) is 11.5 Å². The number of carbonyl (C=O) groups excluding carboxylic acids is 1. The highest BCUT2D eigenvalue weighted by Crippen LogP contribution is 2.20. The van der Waals surface area contributed by atoms with Gasteiger partial charge in [-0.1, -0.05) is 12.1 Å². The number of aryl methyl sites for hydroxylation is 1. The first-order valence-electron chi connectivity index (χ1n) is 9.70. The summed E-state index contributed by atoms with van der Waals surface area (Å²) in [6, 6.07) is 19.1. The molecule has 4 aromatic rings. The first-order chi connectivity index (χ1) is 15.0. The van der Waals surface area contributed by atoms with Crippen LogP contribution in [0.3, 0.4) is 0 Å². The van der Waals surface area contributed by atoms with Crippen LogP contribution in [0, 0.1) is 6.92 Å². The standard InChI is InChI=1S/C24H21N3O4/c1-16-5-4-12-27-22(28)14-19(25-23(16)27)15-31-21-7-3-6-18(13-21)26-24(29)17-8-10-20(30-2)11-9-17/h3-14H,15H2,1-2H3,(H,26,29). The van der Waals surface area contributed by atoms with E-state index in [0.29, 0.717) is 34.1 Å². The molecule has 0 bridgehead atoms. The first kappa shape index (κ1) is 20.2. The maximum absolute atomic E-state index is 12.5. The summed E-state index contributed by atoms with van der Waals surface area (Å²) < 4.78 is 12.4. The normalized spacial score (nSPS) is 10.6. The van der Waals surface area contributed by atoms with E-state index in [1.807, 2.05) is 19.1 Å². The van der Waals surface area contributed by atoms with Crippen molar-refractivity contribution in [3.05, 3.63) is 100 Å². The Balaban J connectivity index is 1.46. The number of amides is 1. The number of fused-ring (bicyclic) bond motifs is 1. The Morgan fingerprint density at radius 3 is 2.61 bits per heavy atom. The van der Waals surface area contributed by atoms with Gasteiger partial charge in [-0.3, -0.25) is 14.0 Å². The Bertz CT molecular complexity index is 1300. The lowest BCUT2D eigenvalue weighted by atomic mass is 10.2. The largest absolute Gasteiger partial charge is 0.497 e. The molecule has 0 spiro atoms. The van der Waals surface area contributed by atoms with Gasteiger partial charge in [-0.05, 0) is 55.0 Å². The van der Waals surface area contributed by atoms with Crippen molar-refractivity contribution in [2.75, 3.05) is 12.4 Å². The predicted octanol–water partition coefficient (Wildman–Crippen LogP) is 3.84. The minimum absolute atomic E-state index is 0.135. The fraction of sp³-hybridized carbons (Fsp3) is 0.125. The van der Waals surface area contributed by atoms with Gasteiger partial charge >= 0.3 is 0 Å². The molecular weight excluding hydrogens is 394 g/mol. The highest BCUT2D eigenvalue weighted by atomic mass is 16.5. The molecule has 0 aliphatic heterocycles. The average molecular weight is 415 g/mol. The van der Waals surface area contributed by atoms with Gasteiger partial charge < -0.3 is 14.8 Å². The van der Waals surface area contributed by atoms with Crippen molar-refractivity contribution in [3.63, 3.8) is 0 Å². The Kier molecular flexibility index (Phi) is 5.66. The second-order valence-electron chi connectivity index (χ2n) is 6.97. The van der Waals surface area contributed by atoms with E-state index in [0.717, 1.165) is 5.56 Å². The molecule has 156 valence electrons. The number of methoxy groups -OCH3 is 1. The zero-order chi connectivity index (χ0) is 21.8. The van der Waals surface area contributed by atoms with Gasteiger partial charge in [-0.25, -0.2) is 4.98 Å². The summed E-state index contributed by atoms with van der Waals surface area (Å²) >= 11 is 0. The van der Waals surface area contributed by atoms with Gasteiger partial charge in [0.2, 0.25) is 0 Å². The lowest BCUT2D eigenvalue weighted by Crippen LogP contribution is -2.17. The molecule has 31 heavy (non-hydrogen) atoms. The zero-order valence-electron chi connectivity index (χ0n) is 17.2. The summed E-state index contributed by atoms with van der Waals surface area (Å²) in [4.78, 5) is 29.3. The van der Waals surface area contributed by atoms with E-state index in [9.17, 15) is 9.59 Å². The molecule has 0 fully saturated rings. The fourth-order valence-electron chi connectivity index (χ4n) is 3.15. The van der Waals surface area contributed by atoms with Gasteiger partial charge in [-0.2, -0.15) is 0 Å². The van der Waals surface area contributed by atoms with E-state index in [1.165, 1.54) is 10.5 Å². The molecule has 0 saturated heterocycles. The molecule has 4 rings (SSSR count). The number of aromatic nitrogens is 2. The third-order valence-corrected chi connectivity index (χ3v) is 4.77. The van der Waals surface area contributed by atoms with Crippen LogP contribution in [0.25, 0.3) is 5.65 Å². The van der Waals surface area contributed by atoms with Gasteiger partial charge in [-0.15, -0.1) is 0 Å². The maximum Gasteiger partial charge on any atom is 0.258 e. The van der Waals surface area contributed by atoms with Gasteiger partial charge in [0, 0.05) is 29.6 Å². The second-order valence-corrected chi connectivity index (χ2v) is 6.97. The molecule has 0 unspecified atom stereocenters. The second kappa shape index (κ2) is 8.71. The summed E-state index contributed by atoms with van der Waals surface area (Å²) in [5.41, 5.74) is 3.00. The van der Waals surface area contributed by atoms with Crippen molar-refractivity contribution < 1.29 is 14.3 Å². The number of nitrogens with one attached hydrogen (secondary N) is 1. The number of pyridine rings is 1. The fourth-order valence-corrected chi connectivity index (χ4v) is 3.15. The summed E-state index contributed by atoms with van der Waals surface area (Å²) in [6.07, 6.45) is 1.69. The molecule has 0 atom stereocenters. The average Bonchev–Trinajstić information content (AvgIpc) is 2.79. The minimum Gasteiger partial charge on any atom is -0.497 e. The van der Waals surface area contributed by atoms with E-state index in [1.54, 1.807) is 61.8 Å². The number of benzene rings is 2. The molecule has 2 aromatic heterocycles. The molecule has 0 aliphatic rings. The number of nitrogens with zero attached hydrogens (tertiary/aromatic N) is 2. The summed E-state index contributed by atoms with van der Waals surface area (Å²) in [7, 11) is 1.58. The molecule has 1 amide bonds. The lowest BCUT2D eigenvalue weighted by molar-refractivity contribution is 0.102. The van der Waals surface area contributed by atoms with Crippen LogP contribution in [-0.2, 0) is 6.61 Å². The molecular formula is C24H21N3O4. The minimum atomic E-state index is -0.237. The van der Waals surface area contributed by atoms with Crippen molar-refractivity contribution in [1.82, 2.24) is 9.38 Å². The van der Waals surface area contributed by atoms with Crippen molar-refractivity contribution in [3.8, 4) is 11.5 Å². The summed E-state index contributed by atoms with van der Waals surface area (Å²) in [5.74, 6) is 1.00. The smallest absolute Gasteiger partial charge is 0.258 e. The van der Waals surface area contributed by atoms with Crippen LogP contribution >= 0.6 is 0 Å². The first-order valence-corrected chi connectivity index (χ1v) is 9.70. The van der Waals surface area contributed by atoms with E-state index < -0.39 is 0 Å². The van der Waals surface area contributed by atoms with Crippen molar-refractivity contribution >= 4 is 17.2 Å². The number of ether oxygens (including phenoxy) is 2. The van der Waals surface area contributed by atoms with E-state index in [-0.39, 0.29) is 18.1 Å². The van der Waals surface area contributed by atoms with E-state index in [2.05, 4.69) is 10.3 Å². The maximum atomic E-state index is 12.5. The Morgan fingerprint density at radius 2 is 1.84 bits per heavy atom. The molecule has 7 heteroatoms. The number of hydrogen-bond donors (Lipinski definition) is 1. The number of carbonyl (C=O) groups is 1. The Morgan fingerprint density at radius 1 is 1.03 bits per heavy atom.